The number of nitrogens with zero attached hydrogens (tertiary/aromatic N) is 1. The molecule has 1 aromatic carbocycles. The fraction of sp³-hybridized carbons (Fsp3) is 0.400. The maximum absolute atomic E-state index is 14.1. The zero-order valence-corrected chi connectivity index (χ0v) is 13.4. The van der Waals surface area contributed by atoms with E-state index in [1.807, 2.05) is 13.8 Å². The van der Waals surface area contributed by atoms with Gasteiger partial charge in [0.2, 0.25) is 0 Å². The number of rotatable bonds is 5. The van der Waals surface area contributed by atoms with Crippen LogP contribution >= 0.6 is 22.9 Å². The zero-order valence-electron chi connectivity index (χ0n) is 11.8. The Kier molecular flexibility index (Phi) is 5.13. The standard InChI is InChI=1S/C15H18ClFN2S/c1-4-7-18-14(15-19-9(2)10(3)20-15)12-8-11(16)5-6-13(12)17/h5-6,8,14,18H,4,7H2,1-3H3. The number of benzene rings is 1. The monoisotopic (exact) mass is 312 g/mol. The molecular weight excluding hydrogens is 295 g/mol. The fourth-order valence-electron chi connectivity index (χ4n) is 1.98. The first-order chi connectivity index (χ1) is 9.52. The van der Waals surface area contributed by atoms with Crippen molar-refractivity contribution in [2.45, 2.75) is 33.2 Å². The molecule has 0 saturated heterocycles. The van der Waals surface area contributed by atoms with E-state index in [2.05, 4.69) is 17.2 Å². The highest BCUT2D eigenvalue weighted by Crippen LogP contribution is 2.30. The SMILES string of the molecule is CCCNC(c1nc(C)c(C)s1)c1cc(Cl)ccc1F. The molecule has 0 amide bonds. The first-order valence-electron chi connectivity index (χ1n) is 6.65. The van der Waals surface area contributed by atoms with Gasteiger partial charge in [-0.3, -0.25) is 0 Å². The Morgan fingerprint density at radius 2 is 2.15 bits per heavy atom. The predicted octanol–water partition coefficient (Wildman–Crippen LogP) is 4.64. The number of hydrogen-bond donors (Lipinski definition) is 1. The Balaban J connectivity index is 2.43. The lowest BCUT2D eigenvalue weighted by Gasteiger charge is -2.17. The van der Waals surface area contributed by atoms with E-state index in [0.717, 1.165) is 28.5 Å². The van der Waals surface area contributed by atoms with Gasteiger partial charge in [0.1, 0.15) is 10.8 Å². The second kappa shape index (κ2) is 6.66. The van der Waals surface area contributed by atoms with Crippen LogP contribution in [0.5, 0.6) is 0 Å². The summed E-state index contributed by atoms with van der Waals surface area (Å²) in [5.41, 5.74) is 1.55. The fourth-order valence-corrected chi connectivity index (χ4v) is 3.17. The maximum atomic E-state index is 14.1. The minimum Gasteiger partial charge on any atom is -0.304 e. The predicted molar refractivity (Wildman–Crippen MR) is 83.1 cm³/mol. The molecule has 20 heavy (non-hydrogen) atoms. The molecule has 2 aromatic rings. The van der Waals surface area contributed by atoms with Gasteiger partial charge in [-0.15, -0.1) is 11.3 Å². The van der Waals surface area contributed by atoms with Crippen molar-refractivity contribution < 1.29 is 4.39 Å². The van der Waals surface area contributed by atoms with E-state index < -0.39 is 0 Å². The van der Waals surface area contributed by atoms with Crippen LogP contribution in [-0.2, 0) is 0 Å². The van der Waals surface area contributed by atoms with Gasteiger partial charge >= 0.3 is 0 Å². The van der Waals surface area contributed by atoms with Gasteiger partial charge in [-0.05, 0) is 45.0 Å². The normalized spacial score (nSPS) is 12.7. The van der Waals surface area contributed by atoms with Crippen LogP contribution in [0.15, 0.2) is 18.2 Å². The summed E-state index contributed by atoms with van der Waals surface area (Å²) in [6.07, 6.45) is 0.974. The lowest BCUT2D eigenvalue weighted by atomic mass is 10.1. The maximum Gasteiger partial charge on any atom is 0.128 e. The van der Waals surface area contributed by atoms with Gasteiger partial charge in [-0.25, -0.2) is 9.37 Å². The second-order valence-electron chi connectivity index (χ2n) is 4.75. The third kappa shape index (κ3) is 3.37. The Bertz CT molecular complexity index is 578. The van der Waals surface area contributed by atoms with Gasteiger partial charge in [0.25, 0.3) is 0 Å². The summed E-state index contributed by atoms with van der Waals surface area (Å²) in [5.74, 6) is -0.256. The Labute approximate surface area is 128 Å². The summed E-state index contributed by atoms with van der Waals surface area (Å²) in [7, 11) is 0. The summed E-state index contributed by atoms with van der Waals surface area (Å²) in [6.45, 7) is 6.88. The van der Waals surface area contributed by atoms with Crippen LogP contribution in [0.3, 0.4) is 0 Å². The van der Waals surface area contributed by atoms with Gasteiger partial charge in [0, 0.05) is 15.5 Å². The van der Waals surface area contributed by atoms with Gasteiger partial charge in [-0.2, -0.15) is 0 Å². The van der Waals surface area contributed by atoms with Crippen molar-refractivity contribution in [2.24, 2.45) is 0 Å². The van der Waals surface area contributed by atoms with E-state index in [0.29, 0.717) is 10.6 Å². The summed E-state index contributed by atoms with van der Waals surface area (Å²) in [4.78, 5) is 5.71. The molecular formula is C15H18ClFN2S. The smallest absolute Gasteiger partial charge is 0.128 e. The number of aryl methyl sites for hydroxylation is 2. The topological polar surface area (TPSA) is 24.9 Å². The molecule has 0 aliphatic rings. The largest absolute Gasteiger partial charge is 0.304 e. The van der Waals surface area contributed by atoms with E-state index in [4.69, 9.17) is 11.6 Å². The molecule has 0 radical (unpaired) electrons. The highest BCUT2D eigenvalue weighted by Gasteiger charge is 2.21. The molecule has 2 nitrogen and oxygen atoms in total. The molecule has 0 spiro atoms. The Morgan fingerprint density at radius 3 is 2.75 bits per heavy atom. The average Bonchev–Trinajstić information content (AvgIpc) is 2.74. The highest BCUT2D eigenvalue weighted by molar-refractivity contribution is 7.11. The van der Waals surface area contributed by atoms with Crippen molar-refractivity contribution in [3.63, 3.8) is 0 Å². The molecule has 0 fully saturated rings. The minimum atomic E-state index is -0.256. The molecule has 0 saturated carbocycles. The Hall–Kier alpha value is -0.970. The van der Waals surface area contributed by atoms with Gasteiger partial charge in [-0.1, -0.05) is 18.5 Å². The molecule has 1 unspecified atom stereocenters. The van der Waals surface area contributed by atoms with Crippen LogP contribution in [0.1, 0.15) is 40.5 Å². The quantitative estimate of drug-likeness (QED) is 0.870. The number of nitrogens with one attached hydrogen (secondary N) is 1. The molecule has 108 valence electrons. The van der Waals surface area contributed by atoms with Gasteiger partial charge in [0.15, 0.2) is 0 Å². The van der Waals surface area contributed by atoms with Gasteiger partial charge in [0.05, 0.1) is 11.7 Å². The zero-order chi connectivity index (χ0) is 14.7. The lowest BCUT2D eigenvalue weighted by Crippen LogP contribution is -2.24. The van der Waals surface area contributed by atoms with Crippen molar-refractivity contribution in [2.75, 3.05) is 6.54 Å². The second-order valence-corrected chi connectivity index (χ2v) is 6.42. The summed E-state index contributed by atoms with van der Waals surface area (Å²) in [6, 6.07) is 4.41. The molecule has 1 aromatic heterocycles. The first-order valence-corrected chi connectivity index (χ1v) is 7.84. The van der Waals surface area contributed by atoms with Crippen LogP contribution in [0, 0.1) is 19.7 Å². The summed E-state index contributed by atoms with van der Waals surface area (Å²) < 4.78 is 14.1. The minimum absolute atomic E-state index is 0.244. The molecule has 0 bridgehead atoms. The van der Waals surface area contributed by atoms with E-state index in [9.17, 15) is 4.39 Å². The van der Waals surface area contributed by atoms with Crippen molar-refractivity contribution in [3.05, 3.63) is 50.2 Å². The van der Waals surface area contributed by atoms with E-state index in [1.54, 1.807) is 23.5 Å². The van der Waals surface area contributed by atoms with Crippen LogP contribution in [0.2, 0.25) is 5.02 Å². The summed E-state index contributed by atoms with van der Waals surface area (Å²) in [5, 5.41) is 4.78. The van der Waals surface area contributed by atoms with Crippen LogP contribution in [0.25, 0.3) is 0 Å². The van der Waals surface area contributed by atoms with Crippen LogP contribution in [0.4, 0.5) is 4.39 Å². The van der Waals surface area contributed by atoms with E-state index in [-0.39, 0.29) is 11.9 Å². The highest BCUT2D eigenvalue weighted by atomic mass is 35.5. The molecule has 5 heteroatoms. The third-order valence-electron chi connectivity index (χ3n) is 3.16. The number of thiazole rings is 1. The van der Waals surface area contributed by atoms with Gasteiger partial charge < -0.3 is 5.32 Å². The Morgan fingerprint density at radius 1 is 1.40 bits per heavy atom. The molecule has 0 aliphatic heterocycles. The number of hydrogen-bond acceptors (Lipinski definition) is 3. The molecule has 0 aliphatic carbocycles. The molecule has 1 N–H and O–H groups in total. The van der Waals surface area contributed by atoms with Crippen LogP contribution < -0.4 is 5.32 Å². The van der Waals surface area contributed by atoms with Crippen molar-refractivity contribution >= 4 is 22.9 Å². The summed E-state index contributed by atoms with van der Waals surface area (Å²) >= 11 is 7.61. The molecule has 1 heterocycles. The van der Waals surface area contributed by atoms with Crippen molar-refractivity contribution in [1.82, 2.24) is 10.3 Å². The van der Waals surface area contributed by atoms with E-state index >= 15 is 0 Å². The van der Waals surface area contributed by atoms with E-state index in [1.165, 1.54) is 6.07 Å². The van der Waals surface area contributed by atoms with Crippen molar-refractivity contribution in [3.8, 4) is 0 Å². The number of aromatic nitrogens is 1. The van der Waals surface area contributed by atoms with Crippen molar-refractivity contribution in [1.29, 1.82) is 0 Å². The average molecular weight is 313 g/mol. The molecule has 2 rings (SSSR count). The number of halogens is 2. The third-order valence-corrected chi connectivity index (χ3v) is 4.53. The lowest BCUT2D eigenvalue weighted by molar-refractivity contribution is 0.545. The van der Waals surface area contributed by atoms with Crippen LogP contribution in [-0.4, -0.2) is 11.5 Å². The molecule has 1 atom stereocenters. The first kappa shape index (κ1) is 15.4.